The van der Waals surface area contributed by atoms with Gasteiger partial charge in [-0.1, -0.05) is 26.0 Å². The Morgan fingerprint density at radius 1 is 1.21 bits per heavy atom. The fraction of sp³-hybridized carbons (Fsp3) is 0.316. The maximum Gasteiger partial charge on any atom is 0.253 e. The maximum atomic E-state index is 12.5. The smallest absolute Gasteiger partial charge is 0.253 e. The molecule has 1 aromatic carbocycles. The number of amides is 1. The van der Waals surface area contributed by atoms with Gasteiger partial charge >= 0.3 is 0 Å². The fourth-order valence-electron chi connectivity index (χ4n) is 2.91. The van der Waals surface area contributed by atoms with Gasteiger partial charge in [0.05, 0.1) is 22.6 Å². The second-order valence-corrected chi connectivity index (χ2v) is 6.42. The zero-order chi connectivity index (χ0) is 17.1. The summed E-state index contributed by atoms with van der Waals surface area (Å²) in [4.78, 5) is 21.3. The van der Waals surface area contributed by atoms with Gasteiger partial charge < -0.3 is 9.88 Å². The van der Waals surface area contributed by atoms with Crippen LogP contribution in [0, 0.1) is 5.92 Å². The molecule has 3 rings (SSSR count). The van der Waals surface area contributed by atoms with Crippen molar-refractivity contribution in [3.63, 3.8) is 0 Å². The van der Waals surface area contributed by atoms with Crippen LogP contribution in [0.2, 0.25) is 0 Å². The molecule has 0 aliphatic rings. The van der Waals surface area contributed by atoms with Crippen molar-refractivity contribution in [3.8, 4) is 0 Å². The van der Waals surface area contributed by atoms with Crippen LogP contribution in [-0.4, -0.2) is 20.4 Å². The molecule has 5 heteroatoms. The molecular formula is C19H22N4O. The molecule has 5 nitrogen and oxygen atoms in total. The normalized spacial score (nSPS) is 12.5. The molecule has 24 heavy (non-hydrogen) atoms. The van der Waals surface area contributed by atoms with Crippen molar-refractivity contribution < 1.29 is 4.79 Å². The van der Waals surface area contributed by atoms with E-state index in [1.807, 2.05) is 31.3 Å². The lowest BCUT2D eigenvalue weighted by Crippen LogP contribution is -2.31. The summed E-state index contributed by atoms with van der Waals surface area (Å²) in [7, 11) is 1.99. The van der Waals surface area contributed by atoms with E-state index in [0.29, 0.717) is 11.5 Å². The molecule has 0 bridgehead atoms. The Morgan fingerprint density at radius 2 is 2.00 bits per heavy atom. The largest absolute Gasteiger partial charge is 0.342 e. The number of nitrogens with zero attached hydrogens (tertiary/aromatic N) is 3. The number of imidazole rings is 1. The second-order valence-electron chi connectivity index (χ2n) is 6.42. The summed E-state index contributed by atoms with van der Waals surface area (Å²) in [6.45, 7) is 4.29. The van der Waals surface area contributed by atoms with Crippen LogP contribution in [0.3, 0.4) is 0 Å². The predicted molar refractivity (Wildman–Crippen MR) is 94.6 cm³/mol. The van der Waals surface area contributed by atoms with E-state index in [4.69, 9.17) is 4.98 Å². The first-order valence-electron chi connectivity index (χ1n) is 8.18. The Morgan fingerprint density at radius 3 is 2.67 bits per heavy atom. The Hall–Kier alpha value is -2.69. The molecule has 1 atom stereocenters. The SMILES string of the molecule is CC(C)CC(NC(=O)c1cccnc1)c1nc2ccccc2n1C. The molecular weight excluding hydrogens is 300 g/mol. The van der Waals surface area contributed by atoms with Crippen molar-refractivity contribution in [3.05, 3.63) is 60.2 Å². The number of carbonyl (C=O) groups excluding carboxylic acids is 1. The minimum atomic E-state index is -0.143. The summed E-state index contributed by atoms with van der Waals surface area (Å²) < 4.78 is 2.06. The summed E-state index contributed by atoms with van der Waals surface area (Å²) in [6, 6.07) is 11.4. The molecule has 2 aromatic heterocycles. The molecule has 0 aliphatic carbocycles. The van der Waals surface area contributed by atoms with Crippen LogP contribution in [0.5, 0.6) is 0 Å². The highest BCUT2D eigenvalue weighted by molar-refractivity contribution is 5.94. The predicted octanol–water partition coefficient (Wildman–Crippen LogP) is 3.49. The Balaban J connectivity index is 1.93. The van der Waals surface area contributed by atoms with Gasteiger partial charge in [-0.15, -0.1) is 0 Å². The Labute approximate surface area is 141 Å². The number of aryl methyl sites for hydroxylation is 1. The lowest BCUT2D eigenvalue weighted by molar-refractivity contribution is 0.0929. The van der Waals surface area contributed by atoms with Crippen LogP contribution in [0.25, 0.3) is 11.0 Å². The Kier molecular flexibility index (Phi) is 4.60. The molecule has 0 spiro atoms. The molecule has 2 heterocycles. The van der Waals surface area contributed by atoms with Crippen LogP contribution in [0.1, 0.15) is 42.5 Å². The third kappa shape index (κ3) is 3.30. The molecule has 124 valence electrons. The summed E-state index contributed by atoms with van der Waals surface area (Å²) >= 11 is 0. The van der Waals surface area contributed by atoms with Gasteiger partial charge in [0.2, 0.25) is 0 Å². The number of para-hydroxylation sites is 2. The molecule has 1 N–H and O–H groups in total. The van der Waals surface area contributed by atoms with Gasteiger partial charge in [-0.25, -0.2) is 4.98 Å². The Bertz CT molecular complexity index is 839. The third-order valence-corrected chi connectivity index (χ3v) is 4.07. The van der Waals surface area contributed by atoms with E-state index in [1.165, 1.54) is 0 Å². The highest BCUT2D eigenvalue weighted by Gasteiger charge is 2.22. The number of hydrogen-bond donors (Lipinski definition) is 1. The molecule has 0 aliphatic heterocycles. The van der Waals surface area contributed by atoms with Crippen LogP contribution in [0.15, 0.2) is 48.8 Å². The van der Waals surface area contributed by atoms with Crippen molar-refractivity contribution in [1.29, 1.82) is 0 Å². The van der Waals surface area contributed by atoms with E-state index >= 15 is 0 Å². The van der Waals surface area contributed by atoms with E-state index in [9.17, 15) is 4.79 Å². The number of aromatic nitrogens is 3. The van der Waals surface area contributed by atoms with Crippen molar-refractivity contribution in [1.82, 2.24) is 19.9 Å². The standard InChI is InChI=1S/C19H22N4O/c1-13(2)11-16(22-19(24)14-7-6-10-20-12-14)18-21-15-8-4-5-9-17(15)23(18)3/h4-10,12-13,16H,11H2,1-3H3,(H,22,24). The van der Waals surface area contributed by atoms with E-state index in [1.54, 1.807) is 24.5 Å². The molecule has 3 aromatic rings. The van der Waals surface area contributed by atoms with Crippen molar-refractivity contribution >= 4 is 16.9 Å². The van der Waals surface area contributed by atoms with E-state index < -0.39 is 0 Å². The van der Waals surface area contributed by atoms with Crippen LogP contribution < -0.4 is 5.32 Å². The maximum absolute atomic E-state index is 12.5. The molecule has 0 fully saturated rings. The number of carbonyl (C=O) groups is 1. The second kappa shape index (κ2) is 6.83. The number of pyridine rings is 1. The fourth-order valence-corrected chi connectivity index (χ4v) is 2.91. The number of benzene rings is 1. The third-order valence-electron chi connectivity index (χ3n) is 4.07. The summed E-state index contributed by atoms with van der Waals surface area (Å²) in [5.74, 6) is 1.19. The van der Waals surface area contributed by atoms with Gasteiger partial charge in [0, 0.05) is 19.4 Å². The van der Waals surface area contributed by atoms with Gasteiger partial charge in [-0.3, -0.25) is 9.78 Å². The average molecular weight is 322 g/mol. The summed E-state index contributed by atoms with van der Waals surface area (Å²) in [6.07, 6.45) is 4.06. The van der Waals surface area contributed by atoms with E-state index in [0.717, 1.165) is 23.3 Å². The number of nitrogens with one attached hydrogen (secondary N) is 1. The summed E-state index contributed by atoms with van der Waals surface area (Å²) in [5.41, 5.74) is 2.57. The number of hydrogen-bond acceptors (Lipinski definition) is 3. The van der Waals surface area contributed by atoms with Crippen LogP contribution >= 0.6 is 0 Å². The van der Waals surface area contributed by atoms with Gasteiger partial charge in [0.15, 0.2) is 0 Å². The first-order valence-corrected chi connectivity index (χ1v) is 8.18. The van der Waals surface area contributed by atoms with Crippen LogP contribution in [0.4, 0.5) is 0 Å². The monoisotopic (exact) mass is 322 g/mol. The molecule has 1 unspecified atom stereocenters. The molecule has 1 amide bonds. The lowest BCUT2D eigenvalue weighted by Gasteiger charge is -2.20. The first-order chi connectivity index (χ1) is 11.6. The molecule has 0 saturated heterocycles. The zero-order valence-electron chi connectivity index (χ0n) is 14.2. The molecule has 0 saturated carbocycles. The van der Waals surface area contributed by atoms with Crippen molar-refractivity contribution in [2.45, 2.75) is 26.3 Å². The zero-order valence-corrected chi connectivity index (χ0v) is 14.2. The van der Waals surface area contributed by atoms with Gasteiger partial charge in [-0.2, -0.15) is 0 Å². The topological polar surface area (TPSA) is 59.8 Å². The van der Waals surface area contributed by atoms with Gasteiger partial charge in [-0.05, 0) is 36.6 Å². The van der Waals surface area contributed by atoms with Gasteiger partial charge in [0.1, 0.15) is 5.82 Å². The quantitative estimate of drug-likeness (QED) is 0.782. The van der Waals surface area contributed by atoms with Crippen LogP contribution in [-0.2, 0) is 7.05 Å². The van der Waals surface area contributed by atoms with Crippen molar-refractivity contribution in [2.24, 2.45) is 13.0 Å². The summed E-state index contributed by atoms with van der Waals surface area (Å²) in [5, 5.41) is 3.12. The van der Waals surface area contributed by atoms with Crippen molar-refractivity contribution in [2.75, 3.05) is 0 Å². The highest BCUT2D eigenvalue weighted by atomic mass is 16.1. The number of rotatable bonds is 5. The number of fused-ring (bicyclic) bond motifs is 1. The minimum absolute atomic E-state index is 0.124. The lowest BCUT2D eigenvalue weighted by atomic mass is 10.0. The average Bonchev–Trinajstić information content (AvgIpc) is 2.92. The van der Waals surface area contributed by atoms with E-state index in [-0.39, 0.29) is 11.9 Å². The molecule has 0 radical (unpaired) electrons. The van der Waals surface area contributed by atoms with E-state index in [2.05, 4.69) is 28.7 Å². The highest BCUT2D eigenvalue weighted by Crippen LogP contribution is 2.24. The first kappa shape index (κ1) is 16.2. The minimum Gasteiger partial charge on any atom is -0.342 e. The van der Waals surface area contributed by atoms with Gasteiger partial charge in [0.25, 0.3) is 5.91 Å².